The van der Waals surface area contributed by atoms with E-state index in [0.717, 1.165) is 51.4 Å². The molecule has 48 heavy (non-hydrogen) atoms. The summed E-state index contributed by atoms with van der Waals surface area (Å²) in [6, 6.07) is 24.4. The average Bonchev–Trinajstić information content (AvgIpc) is 3.12. The molecule has 8 nitrogen and oxygen atoms in total. The standard InChI is InChI=1S/C40H44O8/c1-3-43-27-11-5-7-13-29-45-33-21-17-31(18-22-33)39(41)47-37-25-26-38(36-16-10-9-15-35(36)37)48-40(42)32-19-23-34(24-20-32)46-30-14-8-6-12-28-44-4-2/h3-4,9-10,15-26H,1-2,5-8,11-14,27-30H2. The highest BCUT2D eigenvalue weighted by molar-refractivity contribution is 6.00. The van der Waals surface area contributed by atoms with Crippen molar-refractivity contribution < 1.29 is 38.0 Å². The number of hydrogen-bond acceptors (Lipinski definition) is 8. The van der Waals surface area contributed by atoms with E-state index < -0.39 is 11.9 Å². The molecule has 0 bridgehead atoms. The Morgan fingerprint density at radius 3 is 1.23 bits per heavy atom. The van der Waals surface area contributed by atoms with E-state index in [1.165, 1.54) is 12.5 Å². The first kappa shape index (κ1) is 35.6. The number of esters is 2. The Labute approximate surface area is 282 Å². The fourth-order valence-electron chi connectivity index (χ4n) is 4.94. The van der Waals surface area contributed by atoms with Gasteiger partial charge < -0.3 is 28.4 Å². The number of hydrogen-bond donors (Lipinski definition) is 0. The van der Waals surface area contributed by atoms with Crippen LogP contribution in [0.2, 0.25) is 0 Å². The second kappa shape index (κ2) is 20.1. The number of fused-ring (bicyclic) bond motifs is 1. The second-order valence-corrected chi connectivity index (χ2v) is 11.0. The molecule has 0 atom stereocenters. The van der Waals surface area contributed by atoms with Crippen molar-refractivity contribution in [1.82, 2.24) is 0 Å². The summed E-state index contributed by atoms with van der Waals surface area (Å²) in [5.41, 5.74) is 0.789. The third-order valence-corrected chi connectivity index (χ3v) is 7.52. The molecule has 4 rings (SSSR count). The summed E-state index contributed by atoms with van der Waals surface area (Å²) in [5.74, 6) is 1.11. The lowest BCUT2D eigenvalue weighted by Gasteiger charge is -2.12. The highest BCUT2D eigenvalue weighted by Crippen LogP contribution is 2.34. The molecule has 0 fully saturated rings. The van der Waals surface area contributed by atoms with Crippen molar-refractivity contribution >= 4 is 22.7 Å². The van der Waals surface area contributed by atoms with Crippen LogP contribution in [0.3, 0.4) is 0 Å². The van der Waals surface area contributed by atoms with E-state index in [0.29, 0.717) is 71.3 Å². The first-order valence-electron chi connectivity index (χ1n) is 16.5. The summed E-state index contributed by atoms with van der Waals surface area (Å²) in [5, 5.41) is 1.29. The molecule has 0 saturated carbocycles. The molecule has 0 N–H and O–H groups in total. The Hall–Kier alpha value is -5.24. The molecular formula is C40H44O8. The lowest BCUT2D eigenvalue weighted by molar-refractivity contribution is 0.0723. The van der Waals surface area contributed by atoms with Crippen LogP contribution in [0, 0.1) is 0 Å². The zero-order valence-corrected chi connectivity index (χ0v) is 27.4. The summed E-state index contributed by atoms with van der Waals surface area (Å²) in [6.07, 6.45) is 11.0. The maximum Gasteiger partial charge on any atom is 0.343 e. The molecule has 0 radical (unpaired) electrons. The molecule has 4 aromatic carbocycles. The average molecular weight is 653 g/mol. The Morgan fingerprint density at radius 1 is 0.479 bits per heavy atom. The molecule has 0 aliphatic carbocycles. The summed E-state index contributed by atoms with van der Waals surface area (Å²) >= 11 is 0. The topological polar surface area (TPSA) is 89.5 Å². The minimum atomic E-state index is -0.501. The first-order chi connectivity index (χ1) is 23.6. The highest BCUT2D eigenvalue weighted by Gasteiger charge is 2.16. The van der Waals surface area contributed by atoms with Crippen molar-refractivity contribution in [2.75, 3.05) is 26.4 Å². The molecule has 0 aliphatic rings. The molecule has 0 saturated heterocycles. The molecule has 0 aliphatic heterocycles. The van der Waals surface area contributed by atoms with Crippen molar-refractivity contribution in [2.45, 2.75) is 51.4 Å². The minimum Gasteiger partial charge on any atom is -0.502 e. The predicted octanol–water partition coefficient (Wildman–Crippen LogP) is 9.48. The van der Waals surface area contributed by atoms with Gasteiger partial charge in [-0.15, -0.1) is 0 Å². The SMILES string of the molecule is C=COCCCCCCOc1ccc(C(=O)Oc2ccc(OC(=O)c3ccc(OCCCCCCOC=C)cc3)c3ccccc23)cc1. The predicted molar refractivity (Wildman–Crippen MR) is 187 cm³/mol. The Morgan fingerprint density at radius 2 is 0.854 bits per heavy atom. The van der Waals surface area contributed by atoms with Crippen LogP contribution in [-0.4, -0.2) is 38.4 Å². The van der Waals surface area contributed by atoms with E-state index in [4.69, 9.17) is 28.4 Å². The van der Waals surface area contributed by atoms with Crippen LogP contribution in [0.25, 0.3) is 10.8 Å². The Bertz CT molecular complexity index is 1470. The van der Waals surface area contributed by atoms with Gasteiger partial charge in [-0.2, -0.15) is 0 Å². The van der Waals surface area contributed by atoms with Crippen molar-refractivity contribution in [3.63, 3.8) is 0 Å². The first-order valence-corrected chi connectivity index (χ1v) is 16.5. The third-order valence-electron chi connectivity index (χ3n) is 7.52. The van der Waals surface area contributed by atoms with Gasteiger partial charge >= 0.3 is 11.9 Å². The van der Waals surface area contributed by atoms with Crippen LogP contribution in [0.15, 0.2) is 111 Å². The second-order valence-electron chi connectivity index (χ2n) is 11.0. The largest absolute Gasteiger partial charge is 0.502 e. The lowest BCUT2D eigenvalue weighted by atomic mass is 10.1. The van der Waals surface area contributed by atoms with Gasteiger partial charge in [0.25, 0.3) is 0 Å². The molecule has 0 heterocycles. The van der Waals surface area contributed by atoms with Gasteiger partial charge in [-0.1, -0.05) is 37.4 Å². The summed E-state index contributed by atoms with van der Waals surface area (Å²) < 4.78 is 33.4. The Balaban J connectivity index is 1.27. The summed E-state index contributed by atoms with van der Waals surface area (Å²) in [7, 11) is 0. The van der Waals surface area contributed by atoms with Crippen molar-refractivity contribution in [1.29, 1.82) is 0 Å². The third kappa shape index (κ3) is 11.5. The zero-order chi connectivity index (χ0) is 33.8. The van der Waals surface area contributed by atoms with Gasteiger partial charge in [0.05, 0.1) is 50.1 Å². The highest BCUT2D eigenvalue weighted by atomic mass is 16.5. The molecule has 0 unspecified atom stereocenters. The molecule has 252 valence electrons. The normalized spacial score (nSPS) is 10.6. The van der Waals surface area contributed by atoms with Crippen molar-refractivity contribution in [2.24, 2.45) is 0 Å². The quantitative estimate of drug-likeness (QED) is 0.0359. The molecule has 0 spiro atoms. The smallest absolute Gasteiger partial charge is 0.343 e. The van der Waals surface area contributed by atoms with E-state index >= 15 is 0 Å². The van der Waals surface area contributed by atoms with Crippen molar-refractivity contribution in [3.8, 4) is 23.0 Å². The van der Waals surface area contributed by atoms with Gasteiger partial charge in [-0.05, 0) is 112 Å². The minimum absolute atomic E-state index is 0.362. The molecule has 4 aromatic rings. The lowest BCUT2D eigenvalue weighted by Crippen LogP contribution is -2.10. The van der Waals surface area contributed by atoms with E-state index in [1.807, 2.05) is 24.3 Å². The van der Waals surface area contributed by atoms with Crippen LogP contribution in [0.1, 0.15) is 72.1 Å². The van der Waals surface area contributed by atoms with E-state index in [1.54, 1.807) is 60.7 Å². The van der Waals surface area contributed by atoms with Crippen LogP contribution in [0.5, 0.6) is 23.0 Å². The number of rotatable bonds is 22. The fraction of sp³-hybridized carbons (Fsp3) is 0.300. The van der Waals surface area contributed by atoms with E-state index in [2.05, 4.69) is 13.2 Å². The molecule has 0 amide bonds. The van der Waals surface area contributed by atoms with Gasteiger partial charge in [0.1, 0.15) is 23.0 Å². The van der Waals surface area contributed by atoms with Gasteiger partial charge in [0.15, 0.2) is 0 Å². The number of carbonyl (C=O) groups excluding carboxylic acids is 2. The van der Waals surface area contributed by atoms with Crippen LogP contribution in [0.4, 0.5) is 0 Å². The number of unbranched alkanes of at least 4 members (excludes halogenated alkanes) is 6. The van der Waals surface area contributed by atoms with Gasteiger partial charge in [0, 0.05) is 10.8 Å². The Kier molecular flexibility index (Phi) is 14.9. The zero-order valence-electron chi connectivity index (χ0n) is 27.4. The van der Waals surface area contributed by atoms with Crippen molar-refractivity contribution in [3.05, 3.63) is 122 Å². The van der Waals surface area contributed by atoms with Gasteiger partial charge in [0.2, 0.25) is 0 Å². The fourth-order valence-corrected chi connectivity index (χ4v) is 4.94. The maximum atomic E-state index is 13.0. The molecular weight excluding hydrogens is 608 g/mol. The van der Waals surface area contributed by atoms with Gasteiger partial charge in [-0.3, -0.25) is 0 Å². The van der Waals surface area contributed by atoms with Gasteiger partial charge in [-0.25, -0.2) is 9.59 Å². The van der Waals surface area contributed by atoms with Crippen LogP contribution >= 0.6 is 0 Å². The molecule has 0 aromatic heterocycles. The number of benzene rings is 4. The van der Waals surface area contributed by atoms with E-state index in [-0.39, 0.29) is 0 Å². The number of ether oxygens (including phenoxy) is 6. The van der Waals surface area contributed by atoms with Crippen LogP contribution in [-0.2, 0) is 9.47 Å². The maximum absolute atomic E-state index is 13.0. The van der Waals surface area contributed by atoms with E-state index in [9.17, 15) is 9.59 Å². The summed E-state index contributed by atoms with van der Waals surface area (Å²) in [6.45, 7) is 9.65. The monoisotopic (exact) mass is 652 g/mol. The molecule has 8 heteroatoms. The van der Waals surface area contributed by atoms with Crippen LogP contribution < -0.4 is 18.9 Å². The number of carbonyl (C=O) groups is 2. The summed E-state index contributed by atoms with van der Waals surface area (Å²) in [4.78, 5) is 26.0.